The topological polar surface area (TPSA) is 117 Å². The number of anilines is 2. The number of phenols is 1. The summed E-state index contributed by atoms with van der Waals surface area (Å²) in [6, 6.07) is 4.15. The van der Waals surface area contributed by atoms with Gasteiger partial charge in [-0.2, -0.15) is 0 Å². The Morgan fingerprint density at radius 3 is 2.65 bits per heavy atom. The molecule has 1 aromatic carbocycles. The van der Waals surface area contributed by atoms with Gasteiger partial charge in [0.1, 0.15) is 23.3 Å². The third-order valence-corrected chi connectivity index (χ3v) is 8.36. The molecule has 2 aliphatic heterocycles. The molecule has 222 valence electrons. The van der Waals surface area contributed by atoms with Crippen LogP contribution in [0.25, 0.3) is 28.2 Å². The van der Waals surface area contributed by atoms with Crippen LogP contribution in [0.3, 0.4) is 0 Å². The molecule has 0 aliphatic carbocycles. The second kappa shape index (κ2) is 10.2. The van der Waals surface area contributed by atoms with Gasteiger partial charge in [-0.3, -0.25) is 14.4 Å². The number of hydrogen-bond acceptors (Lipinski definition) is 7. The number of phenolic OH excluding ortho intramolecular Hbond substituents is 1. The molecule has 0 saturated carbocycles. The highest BCUT2D eigenvalue weighted by molar-refractivity contribution is 6.34. The molecule has 4 aromatic rings. The number of halogens is 2. The molecule has 2 atom stereocenters. The number of piperazine rings is 1. The van der Waals surface area contributed by atoms with Crippen LogP contribution in [0.4, 0.5) is 15.8 Å². The Labute approximate surface area is 251 Å². The number of carbonyl (C=O) groups is 2. The molecule has 6 rings (SSSR count). The molecule has 11 nitrogen and oxygen atoms in total. The van der Waals surface area contributed by atoms with E-state index in [-0.39, 0.29) is 76.3 Å². The summed E-state index contributed by atoms with van der Waals surface area (Å²) in [7, 11) is 1.52. The fourth-order valence-electron chi connectivity index (χ4n) is 6.11. The van der Waals surface area contributed by atoms with Crippen molar-refractivity contribution in [1.82, 2.24) is 24.0 Å². The smallest absolute Gasteiger partial charge is 0.285 e. The number of aromatic nitrogens is 4. The van der Waals surface area contributed by atoms with Crippen molar-refractivity contribution in [3.8, 4) is 23.0 Å². The third kappa shape index (κ3) is 4.19. The summed E-state index contributed by atoms with van der Waals surface area (Å²) in [4.78, 5) is 54.8. The number of likely N-dealkylation sites (N-methyl/N-ethyl adjacent to an activating group) is 1. The van der Waals surface area contributed by atoms with E-state index < -0.39 is 17.4 Å². The lowest BCUT2D eigenvalue weighted by atomic mass is 9.97. The van der Waals surface area contributed by atoms with E-state index in [0.29, 0.717) is 11.1 Å². The van der Waals surface area contributed by atoms with Gasteiger partial charge in [0.05, 0.1) is 28.5 Å². The number of rotatable bonds is 4. The van der Waals surface area contributed by atoms with Gasteiger partial charge in [0.15, 0.2) is 5.65 Å². The van der Waals surface area contributed by atoms with Crippen molar-refractivity contribution in [2.75, 3.05) is 29.9 Å². The van der Waals surface area contributed by atoms with Crippen LogP contribution in [-0.2, 0) is 9.59 Å². The molecule has 0 radical (unpaired) electrons. The van der Waals surface area contributed by atoms with Crippen LogP contribution < -0.4 is 15.4 Å². The van der Waals surface area contributed by atoms with Crippen LogP contribution in [0.5, 0.6) is 5.75 Å². The second-order valence-electron chi connectivity index (χ2n) is 11.0. The predicted molar refractivity (Wildman–Crippen MR) is 161 cm³/mol. The molecule has 0 spiro atoms. The first-order chi connectivity index (χ1) is 20.5. The maximum absolute atomic E-state index is 15.1. The fraction of sp³-hybridized carbons (Fsp3) is 0.300. The van der Waals surface area contributed by atoms with Crippen LogP contribution in [0.2, 0.25) is 5.02 Å². The number of aromatic hydroxyl groups is 1. The molecular formula is C30H29ClFN7O4. The van der Waals surface area contributed by atoms with E-state index in [1.807, 2.05) is 25.7 Å². The van der Waals surface area contributed by atoms with Crippen molar-refractivity contribution >= 4 is 45.8 Å². The quantitative estimate of drug-likeness (QED) is 0.351. The monoisotopic (exact) mass is 605 g/mol. The normalized spacial score (nSPS) is 18.3. The van der Waals surface area contributed by atoms with Gasteiger partial charge in [0.25, 0.3) is 11.5 Å². The number of hydrogen-bond donors (Lipinski definition) is 1. The Kier molecular flexibility index (Phi) is 6.76. The molecule has 1 fully saturated rings. The fourth-order valence-corrected chi connectivity index (χ4v) is 6.36. The van der Waals surface area contributed by atoms with Crippen LogP contribution in [0.15, 0.2) is 54.1 Å². The molecule has 1 saturated heterocycles. The van der Waals surface area contributed by atoms with Gasteiger partial charge in [-0.05, 0) is 45.0 Å². The molecule has 0 unspecified atom stereocenters. The van der Waals surface area contributed by atoms with E-state index in [4.69, 9.17) is 16.6 Å². The highest BCUT2D eigenvalue weighted by Gasteiger charge is 2.46. The standard InChI is InChI=1S/C30H29ClFN7O4/c1-6-22(41)36-13-16(4)38-20(14-36)28(42)35(5)26-25(38)17-12-18(31)24(23-19(32)8-7-9-21(23)40)34-27(17)39(29(26)43)30-33-10-11-37(30)15(2)3/h6-12,15-16,20,40H,1,13-14H2,2-5H3/t16-,20-/m1/s1. The van der Waals surface area contributed by atoms with E-state index >= 15 is 4.39 Å². The largest absolute Gasteiger partial charge is 0.507 e. The van der Waals surface area contributed by atoms with Crippen molar-refractivity contribution in [1.29, 1.82) is 0 Å². The minimum absolute atomic E-state index is 0.0247. The molecule has 43 heavy (non-hydrogen) atoms. The number of benzene rings is 1. The Morgan fingerprint density at radius 1 is 1.23 bits per heavy atom. The molecule has 13 heteroatoms. The summed E-state index contributed by atoms with van der Waals surface area (Å²) in [5, 5.41) is 11.0. The second-order valence-corrected chi connectivity index (χ2v) is 11.4. The minimum atomic E-state index is -0.796. The summed E-state index contributed by atoms with van der Waals surface area (Å²) < 4.78 is 18.1. The molecule has 5 heterocycles. The SMILES string of the molecule is C=CC(=O)N1C[C@@H](C)N2c3c(c(=O)n(-c4nccn4C(C)C)c4nc(-c5c(O)cccc5F)c(Cl)cc34)N(C)C(=O)[C@H]2C1. The van der Waals surface area contributed by atoms with E-state index in [2.05, 4.69) is 11.6 Å². The Bertz CT molecular complexity index is 1880. The van der Waals surface area contributed by atoms with Gasteiger partial charge in [-0.1, -0.05) is 24.2 Å². The predicted octanol–water partition coefficient (Wildman–Crippen LogP) is 3.90. The molecule has 1 N–H and O–H groups in total. The maximum Gasteiger partial charge on any atom is 0.285 e. The van der Waals surface area contributed by atoms with Gasteiger partial charge in [-0.15, -0.1) is 0 Å². The Hall–Kier alpha value is -4.71. The summed E-state index contributed by atoms with van der Waals surface area (Å²) in [5.74, 6) is -1.53. The van der Waals surface area contributed by atoms with E-state index in [1.165, 1.54) is 40.8 Å². The highest BCUT2D eigenvalue weighted by atomic mass is 35.5. The minimum Gasteiger partial charge on any atom is -0.507 e. The number of carbonyl (C=O) groups excluding carboxylic acids is 2. The molecule has 2 aliphatic rings. The van der Waals surface area contributed by atoms with Crippen LogP contribution in [0, 0.1) is 5.82 Å². The molecule has 2 amide bonds. The zero-order chi connectivity index (χ0) is 30.9. The Morgan fingerprint density at radius 2 is 1.98 bits per heavy atom. The van der Waals surface area contributed by atoms with Gasteiger partial charge >= 0.3 is 0 Å². The lowest BCUT2D eigenvalue weighted by Crippen LogP contribution is -2.66. The lowest BCUT2D eigenvalue weighted by molar-refractivity contribution is -0.129. The number of nitrogens with zero attached hydrogens (tertiary/aromatic N) is 7. The summed E-state index contributed by atoms with van der Waals surface area (Å²) in [6.07, 6.45) is 4.48. The number of imidazole rings is 1. The zero-order valence-electron chi connectivity index (χ0n) is 24.0. The molecule has 3 aromatic heterocycles. The number of amides is 2. The molecular weight excluding hydrogens is 577 g/mol. The van der Waals surface area contributed by atoms with Crippen LogP contribution >= 0.6 is 11.6 Å². The zero-order valence-corrected chi connectivity index (χ0v) is 24.7. The Balaban J connectivity index is 1.73. The molecule has 0 bridgehead atoms. The van der Waals surface area contributed by atoms with Gasteiger partial charge < -0.3 is 24.4 Å². The van der Waals surface area contributed by atoms with Crippen molar-refractivity contribution in [2.24, 2.45) is 0 Å². The lowest BCUT2D eigenvalue weighted by Gasteiger charge is -2.50. The van der Waals surface area contributed by atoms with E-state index in [9.17, 15) is 19.5 Å². The van der Waals surface area contributed by atoms with E-state index in [1.54, 1.807) is 27.9 Å². The average molecular weight is 606 g/mol. The number of fused-ring (bicyclic) bond motifs is 5. The van der Waals surface area contributed by atoms with Crippen molar-refractivity contribution in [3.63, 3.8) is 0 Å². The first-order valence-corrected chi connectivity index (χ1v) is 14.1. The highest BCUT2D eigenvalue weighted by Crippen LogP contribution is 2.45. The van der Waals surface area contributed by atoms with Gasteiger partial charge in [0.2, 0.25) is 11.9 Å². The van der Waals surface area contributed by atoms with E-state index in [0.717, 1.165) is 0 Å². The third-order valence-electron chi connectivity index (χ3n) is 8.07. The number of pyridine rings is 2. The first kappa shape index (κ1) is 28.4. The van der Waals surface area contributed by atoms with Crippen molar-refractivity contribution in [3.05, 3.63) is 70.5 Å². The average Bonchev–Trinajstić information content (AvgIpc) is 3.45. The van der Waals surface area contributed by atoms with Crippen LogP contribution in [0.1, 0.15) is 26.8 Å². The van der Waals surface area contributed by atoms with Crippen molar-refractivity contribution < 1.29 is 19.1 Å². The summed E-state index contributed by atoms with van der Waals surface area (Å²) in [6.45, 7) is 9.66. The van der Waals surface area contributed by atoms with Crippen LogP contribution in [-0.4, -0.2) is 73.1 Å². The maximum atomic E-state index is 15.1. The first-order valence-electron chi connectivity index (χ1n) is 13.7. The van der Waals surface area contributed by atoms with Gasteiger partial charge in [-0.25, -0.2) is 18.9 Å². The summed E-state index contributed by atoms with van der Waals surface area (Å²) in [5.41, 5.74) is -0.220. The van der Waals surface area contributed by atoms with Crippen molar-refractivity contribution in [2.45, 2.75) is 38.9 Å². The summed E-state index contributed by atoms with van der Waals surface area (Å²) >= 11 is 6.77. The van der Waals surface area contributed by atoms with Gasteiger partial charge in [0, 0.05) is 43.5 Å².